The van der Waals surface area contributed by atoms with Crippen LogP contribution in [0.1, 0.15) is 5.56 Å². The lowest BCUT2D eigenvalue weighted by atomic mass is 10.2. The molecule has 0 aliphatic rings. The van der Waals surface area contributed by atoms with Crippen molar-refractivity contribution in [3.63, 3.8) is 0 Å². The fraction of sp³-hybridized carbons (Fsp3) is 0.0714. The van der Waals surface area contributed by atoms with Gasteiger partial charge in [0.2, 0.25) is 0 Å². The Hall–Kier alpha value is -2.54. The Balaban J connectivity index is 1.69. The van der Waals surface area contributed by atoms with Crippen molar-refractivity contribution in [1.82, 2.24) is 19.7 Å². The lowest BCUT2D eigenvalue weighted by Gasteiger charge is -2.04. The summed E-state index contributed by atoms with van der Waals surface area (Å²) in [7, 11) is 0. The number of rotatable bonds is 4. The number of nitrogen functional groups attached to an aromatic ring is 1. The smallest absolute Gasteiger partial charge is 0.253 e. The normalized spacial score (nSPS) is 10.7. The van der Waals surface area contributed by atoms with Crippen LogP contribution < -0.4 is 11.3 Å². The van der Waals surface area contributed by atoms with Gasteiger partial charge in [0.1, 0.15) is 5.82 Å². The number of benzene rings is 1. The number of aromatic amines is 1. The molecule has 0 aliphatic heterocycles. The molecule has 0 atom stereocenters. The van der Waals surface area contributed by atoms with Gasteiger partial charge < -0.3 is 10.7 Å². The third-order valence-corrected chi connectivity index (χ3v) is 3.77. The number of thioether (sulfide) groups is 1. The third kappa shape index (κ3) is 3.32. The minimum Gasteiger partial charge on any atom is -0.383 e. The van der Waals surface area contributed by atoms with E-state index in [-0.39, 0.29) is 11.4 Å². The Morgan fingerprint density at radius 2 is 2.10 bits per heavy atom. The van der Waals surface area contributed by atoms with Gasteiger partial charge in [-0.3, -0.25) is 4.79 Å². The molecule has 0 bridgehead atoms. The molecule has 0 saturated carbocycles. The van der Waals surface area contributed by atoms with Crippen LogP contribution in [0.3, 0.4) is 0 Å². The molecular weight excluding hydrogens is 286 g/mol. The van der Waals surface area contributed by atoms with Gasteiger partial charge in [0.25, 0.3) is 5.56 Å². The largest absolute Gasteiger partial charge is 0.383 e. The molecule has 0 amide bonds. The molecule has 2 heterocycles. The summed E-state index contributed by atoms with van der Waals surface area (Å²) in [6, 6.07) is 11.2. The maximum Gasteiger partial charge on any atom is 0.253 e. The van der Waals surface area contributed by atoms with Crippen molar-refractivity contribution in [2.75, 3.05) is 5.73 Å². The van der Waals surface area contributed by atoms with Crippen LogP contribution in [-0.4, -0.2) is 19.7 Å². The average molecular weight is 299 g/mol. The van der Waals surface area contributed by atoms with Gasteiger partial charge in [-0.2, -0.15) is 5.10 Å². The highest BCUT2D eigenvalue weighted by atomic mass is 32.2. The summed E-state index contributed by atoms with van der Waals surface area (Å²) in [5, 5.41) is 4.70. The average Bonchev–Trinajstić information content (AvgIpc) is 2.99. The molecule has 3 rings (SSSR count). The SMILES string of the molecule is Nc1cc(=O)[nH]c(SCc2ccc(-n3cccn3)cc2)n1. The van der Waals surface area contributed by atoms with Crippen LogP contribution in [0.4, 0.5) is 5.82 Å². The van der Waals surface area contributed by atoms with Crippen LogP contribution in [0, 0.1) is 0 Å². The quantitative estimate of drug-likeness (QED) is 0.566. The maximum absolute atomic E-state index is 11.3. The molecule has 21 heavy (non-hydrogen) atoms. The van der Waals surface area contributed by atoms with Crippen molar-refractivity contribution in [3.05, 3.63) is 64.7 Å². The Morgan fingerprint density at radius 3 is 2.76 bits per heavy atom. The van der Waals surface area contributed by atoms with E-state index >= 15 is 0 Å². The number of aromatic nitrogens is 4. The van der Waals surface area contributed by atoms with Crippen LogP contribution in [0.15, 0.2) is 58.7 Å². The minimum atomic E-state index is -0.237. The number of H-pyrrole nitrogens is 1. The van der Waals surface area contributed by atoms with Gasteiger partial charge in [-0.05, 0) is 23.8 Å². The van der Waals surface area contributed by atoms with E-state index in [2.05, 4.69) is 15.1 Å². The highest BCUT2D eigenvalue weighted by molar-refractivity contribution is 7.98. The first kappa shape index (κ1) is 13.4. The second-order valence-corrected chi connectivity index (χ2v) is 5.35. The summed E-state index contributed by atoms with van der Waals surface area (Å²) in [6.07, 6.45) is 3.64. The van der Waals surface area contributed by atoms with Crippen molar-refractivity contribution in [3.8, 4) is 5.69 Å². The zero-order chi connectivity index (χ0) is 14.7. The molecule has 3 N–H and O–H groups in total. The maximum atomic E-state index is 11.3. The second-order valence-electron chi connectivity index (χ2n) is 4.38. The number of nitrogens with zero attached hydrogens (tertiary/aromatic N) is 3. The van der Waals surface area contributed by atoms with Crippen LogP contribution in [-0.2, 0) is 5.75 Å². The van der Waals surface area contributed by atoms with Crippen LogP contribution in [0.5, 0.6) is 0 Å². The third-order valence-electron chi connectivity index (χ3n) is 2.82. The van der Waals surface area contributed by atoms with E-state index < -0.39 is 0 Å². The summed E-state index contributed by atoms with van der Waals surface area (Å²) < 4.78 is 1.80. The van der Waals surface area contributed by atoms with Crippen LogP contribution >= 0.6 is 11.8 Å². The highest BCUT2D eigenvalue weighted by Gasteiger charge is 2.02. The number of hydrogen-bond donors (Lipinski definition) is 2. The van der Waals surface area contributed by atoms with Gasteiger partial charge in [-0.25, -0.2) is 9.67 Å². The van der Waals surface area contributed by atoms with E-state index in [1.807, 2.05) is 36.5 Å². The lowest BCUT2D eigenvalue weighted by molar-refractivity contribution is 0.880. The molecule has 0 radical (unpaired) electrons. The van der Waals surface area contributed by atoms with Gasteiger partial charge in [0.05, 0.1) is 5.69 Å². The zero-order valence-corrected chi connectivity index (χ0v) is 11.9. The molecule has 7 heteroatoms. The molecule has 0 aliphatic carbocycles. The minimum absolute atomic E-state index is 0.232. The van der Waals surface area contributed by atoms with Gasteiger partial charge in [-0.1, -0.05) is 23.9 Å². The molecule has 1 aromatic carbocycles. The Labute approximate surface area is 125 Å². The van der Waals surface area contributed by atoms with E-state index in [0.29, 0.717) is 10.9 Å². The molecule has 0 fully saturated rings. The number of nitrogens with one attached hydrogen (secondary N) is 1. The summed E-state index contributed by atoms with van der Waals surface area (Å²) in [6.45, 7) is 0. The monoisotopic (exact) mass is 299 g/mol. The predicted molar refractivity (Wildman–Crippen MR) is 82.4 cm³/mol. The van der Waals surface area contributed by atoms with Crippen molar-refractivity contribution in [2.45, 2.75) is 10.9 Å². The van der Waals surface area contributed by atoms with Gasteiger partial charge in [0, 0.05) is 24.2 Å². The van der Waals surface area contributed by atoms with E-state index in [0.717, 1.165) is 11.3 Å². The van der Waals surface area contributed by atoms with E-state index in [1.165, 1.54) is 17.8 Å². The van der Waals surface area contributed by atoms with Crippen molar-refractivity contribution >= 4 is 17.6 Å². The molecular formula is C14H13N5OS. The van der Waals surface area contributed by atoms with Crippen molar-refractivity contribution in [1.29, 1.82) is 0 Å². The lowest BCUT2D eigenvalue weighted by Crippen LogP contribution is -2.09. The van der Waals surface area contributed by atoms with Crippen molar-refractivity contribution in [2.24, 2.45) is 0 Å². The Bertz CT molecular complexity index is 780. The number of hydrogen-bond acceptors (Lipinski definition) is 5. The molecule has 3 aromatic rings. The standard InChI is InChI=1S/C14H13N5OS/c15-12-8-13(20)18-14(17-12)21-9-10-2-4-11(5-3-10)19-7-1-6-16-19/h1-8H,9H2,(H3,15,17,18,20). The molecule has 2 aromatic heterocycles. The molecule has 106 valence electrons. The summed E-state index contributed by atoms with van der Waals surface area (Å²) >= 11 is 1.44. The summed E-state index contributed by atoms with van der Waals surface area (Å²) in [4.78, 5) is 18.0. The van der Waals surface area contributed by atoms with Gasteiger partial charge in [0.15, 0.2) is 5.16 Å². The first-order valence-electron chi connectivity index (χ1n) is 6.29. The molecule has 6 nitrogen and oxygen atoms in total. The number of nitrogens with two attached hydrogens (primary N) is 1. The summed E-state index contributed by atoms with van der Waals surface area (Å²) in [5.74, 6) is 0.932. The van der Waals surface area contributed by atoms with Gasteiger partial charge >= 0.3 is 0 Å². The first-order valence-corrected chi connectivity index (χ1v) is 7.28. The van der Waals surface area contributed by atoms with Crippen LogP contribution in [0.2, 0.25) is 0 Å². The summed E-state index contributed by atoms with van der Waals surface area (Å²) in [5.41, 5.74) is 7.44. The first-order chi connectivity index (χ1) is 10.2. The van der Waals surface area contributed by atoms with Gasteiger partial charge in [-0.15, -0.1) is 0 Å². The topological polar surface area (TPSA) is 89.6 Å². The van der Waals surface area contributed by atoms with Crippen molar-refractivity contribution < 1.29 is 0 Å². The van der Waals surface area contributed by atoms with Crippen LogP contribution in [0.25, 0.3) is 5.69 Å². The Kier molecular flexibility index (Phi) is 3.74. The highest BCUT2D eigenvalue weighted by Crippen LogP contribution is 2.19. The number of anilines is 1. The van der Waals surface area contributed by atoms with E-state index in [9.17, 15) is 4.79 Å². The van der Waals surface area contributed by atoms with E-state index in [4.69, 9.17) is 5.73 Å². The fourth-order valence-electron chi connectivity index (χ4n) is 1.84. The second kappa shape index (κ2) is 5.84. The molecule has 0 spiro atoms. The fourth-order valence-corrected chi connectivity index (χ4v) is 2.68. The molecule has 0 saturated heterocycles. The predicted octanol–water partition coefficient (Wildman–Crippen LogP) is 1.83. The van der Waals surface area contributed by atoms with E-state index in [1.54, 1.807) is 10.9 Å². The zero-order valence-electron chi connectivity index (χ0n) is 11.1. The Morgan fingerprint density at radius 1 is 1.29 bits per heavy atom. The molecule has 0 unspecified atom stereocenters.